The quantitative estimate of drug-likeness (QED) is 0.894. The highest BCUT2D eigenvalue weighted by Gasteiger charge is 2.35. The number of rotatable bonds is 5. The maximum Gasteiger partial charge on any atom is 0.418 e. The molecule has 0 heterocycles. The Morgan fingerprint density at radius 1 is 1.35 bits per heavy atom. The summed E-state index contributed by atoms with van der Waals surface area (Å²) in [6, 6.07) is 3.13. The number of nitrogens with zero attached hydrogens (tertiary/aromatic N) is 1. The molecule has 0 aliphatic heterocycles. The molecule has 0 saturated heterocycles. The second kappa shape index (κ2) is 6.15. The minimum absolute atomic E-state index is 0.0266. The lowest BCUT2D eigenvalue weighted by atomic mass is 10.1. The zero-order chi connectivity index (χ0) is 15.5. The molecular weight excluding hydrogens is 271 g/mol. The SMILES string of the molecule is CCN(CC(C)C)c1ccc(C(=O)O)cc1C(F)(F)F. The van der Waals surface area contributed by atoms with Crippen LogP contribution < -0.4 is 4.90 Å². The van der Waals surface area contributed by atoms with Crippen LogP contribution in [-0.2, 0) is 6.18 Å². The Morgan fingerprint density at radius 2 is 1.95 bits per heavy atom. The Labute approximate surface area is 116 Å². The Bertz CT molecular complexity index is 484. The molecule has 0 aromatic heterocycles. The predicted molar refractivity (Wildman–Crippen MR) is 71.1 cm³/mol. The van der Waals surface area contributed by atoms with Crippen molar-refractivity contribution in [1.82, 2.24) is 0 Å². The van der Waals surface area contributed by atoms with Crippen LogP contribution in [0.5, 0.6) is 0 Å². The van der Waals surface area contributed by atoms with Crippen molar-refractivity contribution in [2.75, 3.05) is 18.0 Å². The second-order valence-corrected chi connectivity index (χ2v) is 4.97. The fourth-order valence-corrected chi connectivity index (χ4v) is 2.01. The van der Waals surface area contributed by atoms with Crippen molar-refractivity contribution in [2.45, 2.75) is 26.9 Å². The molecule has 0 saturated carbocycles. The number of alkyl halides is 3. The lowest BCUT2D eigenvalue weighted by Gasteiger charge is -2.28. The van der Waals surface area contributed by atoms with Gasteiger partial charge in [-0.2, -0.15) is 13.2 Å². The molecule has 0 atom stereocenters. The van der Waals surface area contributed by atoms with Gasteiger partial charge in [0.15, 0.2) is 0 Å². The van der Waals surface area contributed by atoms with E-state index in [1.54, 1.807) is 11.8 Å². The Hall–Kier alpha value is -1.72. The molecule has 1 aromatic carbocycles. The molecule has 0 fully saturated rings. The number of carboxylic acid groups (broad SMARTS) is 1. The summed E-state index contributed by atoms with van der Waals surface area (Å²) in [5.41, 5.74) is -1.24. The Morgan fingerprint density at radius 3 is 2.35 bits per heavy atom. The largest absolute Gasteiger partial charge is 0.478 e. The minimum atomic E-state index is -4.58. The Kier molecular flexibility index (Phi) is 5.03. The third kappa shape index (κ3) is 3.88. The van der Waals surface area contributed by atoms with E-state index in [9.17, 15) is 18.0 Å². The third-order valence-corrected chi connectivity index (χ3v) is 2.86. The van der Waals surface area contributed by atoms with Crippen LogP contribution in [0.3, 0.4) is 0 Å². The first-order valence-corrected chi connectivity index (χ1v) is 6.36. The van der Waals surface area contributed by atoms with E-state index in [2.05, 4.69) is 0 Å². The number of benzene rings is 1. The first kappa shape index (κ1) is 16.3. The monoisotopic (exact) mass is 289 g/mol. The molecule has 3 nitrogen and oxygen atoms in total. The van der Waals surface area contributed by atoms with E-state index in [4.69, 9.17) is 5.11 Å². The van der Waals surface area contributed by atoms with E-state index in [0.717, 1.165) is 0 Å². The third-order valence-electron chi connectivity index (χ3n) is 2.86. The summed E-state index contributed by atoms with van der Waals surface area (Å²) in [6.07, 6.45) is -4.58. The molecule has 1 N–H and O–H groups in total. The predicted octanol–water partition coefficient (Wildman–Crippen LogP) is 3.89. The molecule has 0 bridgehead atoms. The van der Waals surface area contributed by atoms with Gasteiger partial charge in [0.2, 0.25) is 0 Å². The van der Waals surface area contributed by atoms with Gasteiger partial charge in [-0.05, 0) is 31.0 Å². The fourth-order valence-electron chi connectivity index (χ4n) is 2.01. The highest BCUT2D eigenvalue weighted by molar-refractivity contribution is 5.88. The van der Waals surface area contributed by atoms with Gasteiger partial charge in [-0.3, -0.25) is 0 Å². The topological polar surface area (TPSA) is 40.5 Å². The van der Waals surface area contributed by atoms with E-state index in [1.165, 1.54) is 12.1 Å². The number of hydrogen-bond acceptors (Lipinski definition) is 2. The van der Waals surface area contributed by atoms with Crippen LogP contribution in [0.1, 0.15) is 36.7 Å². The van der Waals surface area contributed by atoms with E-state index in [0.29, 0.717) is 19.2 Å². The fraction of sp³-hybridized carbons (Fsp3) is 0.500. The number of halogens is 3. The first-order valence-electron chi connectivity index (χ1n) is 6.36. The molecular formula is C14H18F3NO2. The number of carbonyl (C=O) groups is 1. The Balaban J connectivity index is 3.34. The van der Waals surface area contributed by atoms with Crippen LogP contribution in [0.2, 0.25) is 0 Å². The molecule has 1 rings (SSSR count). The molecule has 1 aromatic rings. The normalized spacial score (nSPS) is 11.8. The lowest BCUT2D eigenvalue weighted by Crippen LogP contribution is -2.29. The van der Waals surface area contributed by atoms with Crippen LogP contribution in [-0.4, -0.2) is 24.2 Å². The summed E-state index contributed by atoms with van der Waals surface area (Å²) in [5, 5.41) is 8.83. The van der Waals surface area contributed by atoms with Crippen LogP contribution in [0.15, 0.2) is 18.2 Å². The summed E-state index contributed by atoms with van der Waals surface area (Å²) in [7, 11) is 0. The second-order valence-electron chi connectivity index (χ2n) is 4.97. The molecule has 112 valence electrons. The zero-order valence-electron chi connectivity index (χ0n) is 11.7. The van der Waals surface area contributed by atoms with Crippen LogP contribution >= 0.6 is 0 Å². The number of hydrogen-bond donors (Lipinski definition) is 1. The van der Waals surface area contributed by atoms with Crippen molar-refractivity contribution in [3.05, 3.63) is 29.3 Å². The van der Waals surface area contributed by atoms with Gasteiger partial charge in [-0.15, -0.1) is 0 Å². The highest BCUT2D eigenvalue weighted by atomic mass is 19.4. The standard InChI is InChI=1S/C14H18F3NO2/c1-4-18(8-9(2)3)12-6-5-10(13(19)20)7-11(12)14(15,16)17/h5-7,9H,4,8H2,1-3H3,(H,19,20). The van der Waals surface area contributed by atoms with Gasteiger partial charge in [0.05, 0.1) is 11.1 Å². The van der Waals surface area contributed by atoms with Crippen molar-refractivity contribution < 1.29 is 23.1 Å². The van der Waals surface area contributed by atoms with Crippen molar-refractivity contribution in [3.8, 4) is 0 Å². The minimum Gasteiger partial charge on any atom is -0.478 e. The van der Waals surface area contributed by atoms with Crippen molar-refractivity contribution in [3.63, 3.8) is 0 Å². The lowest BCUT2D eigenvalue weighted by molar-refractivity contribution is -0.137. The van der Waals surface area contributed by atoms with E-state index < -0.39 is 17.7 Å². The van der Waals surface area contributed by atoms with Crippen LogP contribution in [0, 0.1) is 5.92 Å². The van der Waals surface area contributed by atoms with Gasteiger partial charge in [0.1, 0.15) is 0 Å². The van der Waals surface area contributed by atoms with Crippen LogP contribution in [0.4, 0.5) is 18.9 Å². The van der Waals surface area contributed by atoms with Gasteiger partial charge in [-0.25, -0.2) is 4.79 Å². The van der Waals surface area contributed by atoms with Gasteiger partial charge in [-0.1, -0.05) is 13.8 Å². The summed E-state index contributed by atoms with van der Waals surface area (Å²) in [5.74, 6) is -1.16. The molecule has 0 radical (unpaired) electrons. The molecule has 0 aliphatic carbocycles. The maximum atomic E-state index is 13.1. The van der Waals surface area contributed by atoms with Crippen molar-refractivity contribution >= 4 is 11.7 Å². The molecule has 20 heavy (non-hydrogen) atoms. The summed E-state index contributed by atoms with van der Waals surface area (Å²) in [4.78, 5) is 12.4. The highest BCUT2D eigenvalue weighted by Crippen LogP contribution is 2.37. The summed E-state index contributed by atoms with van der Waals surface area (Å²) < 4.78 is 39.3. The van der Waals surface area contributed by atoms with Gasteiger partial charge >= 0.3 is 12.1 Å². The zero-order valence-corrected chi connectivity index (χ0v) is 11.7. The molecule has 0 unspecified atom stereocenters. The van der Waals surface area contributed by atoms with E-state index >= 15 is 0 Å². The van der Waals surface area contributed by atoms with Gasteiger partial charge in [0, 0.05) is 18.8 Å². The maximum absolute atomic E-state index is 13.1. The van der Waals surface area contributed by atoms with E-state index in [-0.39, 0.29) is 17.2 Å². The van der Waals surface area contributed by atoms with Crippen LogP contribution in [0.25, 0.3) is 0 Å². The average molecular weight is 289 g/mol. The summed E-state index contributed by atoms with van der Waals surface area (Å²) in [6.45, 7) is 6.51. The first-order chi connectivity index (χ1) is 9.16. The summed E-state index contributed by atoms with van der Waals surface area (Å²) >= 11 is 0. The molecule has 0 amide bonds. The average Bonchev–Trinajstić information content (AvgIpc) is 2.33. The molecule has 0 aliphatic rings. The molecule has 0 spiro atoms. The van der Waals surface area contributed by atoms with Gasteiger partial charge < -0.3 is 10.0 Å². The van der Waals surface area contributed by atoms with Gasteiger partial charge in [0.25, 0.3) is 0 Å². The van der Waals surface area contributed by atoms with E-state index in [1.807, 2.05) is 13.8 Å². The number of anilines is 1. The number of aromatic carboxylic acids is 1. The van der Waals surface area contributed by atoms with Crippen molar-refractivity contribution in [2.24, 2.45) is 5.92 Å². The smallest absolute Gasteiger partial charge is 0.418 e. The van der Waals surface area contributed by atoms with Crippen molar-refractivity contribution in [1.29, 1.82) is 0 Å². The molecule has 6 heteroatoms. The number of carboxylic acids is 1.